The molecule has 2 heterocycles. The van der Waals surface area contributed by atoms with Gasteiger partial charge in [0.05, 0.1) is 11.2 Å². The van der Waals surface area contributed by atoms with Crippen molar-refractivity contribution >= 4 is 21.6 Å². The van der Waals surface area contributed by atoms with Crippen molar-refractivity contribution < 1.29 is 8.42 Å². The minimum atomic E-state index is -3.44. The number of halogens is 1. The Labute approximate surface area is 135 Å². The first kappa shape index (κ1) is 15.5. The monoisotopic (exact) mass is 339 g/mol. The maximum atomic E-state index is 12.6. The van der Waals surface area contributed by atoms with Gasteiger partial charge in [0, 0.05) is 37.1 Å². The van der Waals surface area contributed by atoms with Gasteiger partial charge in [0.15, 0.2) is 0 Å². The van der Waals surface area contributed by atoms with Gasteiger partial charge in [0.25, 0.3) is 0 Å². The Kier molecular flexibility index (Phi) is 4.52. The molecule has 1 aromatic carbocycles. The molecule has 118 valence electrons. The molecule has 3 rings (SSSR count). The molecule has 0 aliphatic carbocycles. The number of sulfonamides is 1. The predicted molar refractivity (Wildman–Crippen MR) is 85.2 cm³/mol. The number of piperidine rings is 1. The van der Waals surface area contributed by atoms with Crippen molar-refractivity contribution in [1.29, 1.82) is 0 Å². The van der Waals surface area contributed by atoms with E-state index in [1.807, 2.05) is 10.8 Å². The van der Waals surface area contributed by atoms with Gasteiger partial charge < -0.3 is 4.57 Å². The van der Waals surface area contributed by atoms with E-state index in [0.717, 1.165) is 19.4 Å². The summed E-state index contributed by atoms with van der Waals surface area (Å²) in [6.07, 6.45) is 7.22. The highest BCUT2D eigenvalue weighted by atomic mass is 35.5. The highest BCUT2D eigenvalue weighted by Crippen LogP contribution is 2.26. The average molecular weight is 340 g/mol. The van der Waals surface area contributed by atoms with Crippen LogP contribution in [0, 0.1) is 5.92 Å². The third-order valence-electron chi connectivity index (χ3n) is 4.04. The molecule has 1 aliphatic heterocycles. The van der Waals surface area contributed by atoms with Gasteiger partial charge in [-0.05, 0) is 37.0 Å². The third-order valence-corrected chi connectivity index (χ3v) is 6.17. The first-order chi connectivity index (χ1) is 10.6. The van der Waals surface area contributed by atoms with E-state index in [2.05, 4.69) is 4.98 Å². The van der Waals surface area contributed by atoms with Crippen LogP contribution in [0.3, 0.4) is 0 Å². The molecule has 0 amide bonds. The molecule has 0 spiro atoms. The van der Waals surface area contributed by atoms with Crippen LogP contribution < -0.4 is 0 Å². The SMILES string of the molecule is O=S(=O)(c1cccc(Cl)c1)N1CCC(Cn2ccnc2)CC1. The summed E-state index contributed by atoms with van der Waals surface area (Å²) >= 11 is 5.90. The van der Waals surface area contributed by atoms with Crippen LogP contribution in [-0.4, -0.2) is 35.4 Å². The molecule has 2 aromatic rings. The topological polar surface area (TPSA) is 55.2 Å². The van der Waals surface area contributed by atoms with Crippen LogP contribution in [0.25, 0.3) is 0 Å². The molecule has 0 bridgehead atoms. The summed E-state index contributed by atoms with van der Waals surface area (Å²) in [7, 11) is -3.44. The zero-order valence-electron chi connectivity index (χ0n) is 12.1. The molecule has 0 saturated carbocycles. The number of hydrogen-bond donors (Lipinski definition) is 0. The zero-order valence-corrected chi connectivity index (χ0v) is 13.7. The molecular formula is C15H18ClN3O2S. The van der Waals surface area contributed by atoms with Crippen LogP contribution in [0.4, 0.5) is 0 Å². The van der Waals surface area contributed by atoms with Gasteiger partial charge in [0.2, 0.25) is 10.0 Å². The Morgan fingerprint density at radius 3 is 2.68 bits per heavy atom. The van der Waals surface area contributed by atoms with Gasteiger partial charge >= 0.3 is 0 Å². The van der Waals surface area contributed by atoms with Gasteiger partial charge in [-0.2, -0.15) is 4.31 Å². The van der Waals surface area contributed by atoms with E-state index in [-0.39, 0.29) is 4.90 Å². The Hall–Kier alpha value is -1.37. The Morgan fingerprint density at radius 1 is 1.27 bits per heavy atom. The van der Waals surface area contributed by atoms with Crippen molar-refractivity contribution in [3.8, 4) is 0 Å². The minimum Gasteiger partial charge on any atom is -0.337 e. The van der Waals surface area contributed by atoms with Gasteiger partial charge in [-0.25, -0.2) is 13.4 Å². The van der Waals surface area contributed by atoms with Crippen molar-refractivity contribution in [2.75, 3.05) is 13.1 Å². The summed E-state index contributed by atoms with van der Waals surface area (Å²) in [4.78, 5) is 4.31. The van der Waals surface area contributed by atoms with Crippen LogP contribution in [-0.2, 0) is 16.6 Å². The maximum absolute atomic E-state index is 12.6. The largest absolute Gasteiger partial charge is 0.337 e. The first-order valence-electron chi connectivity index (χ1n) is 7.27. The Balaban J connectivity index is 1.65. The molecule has 22 heavy (non-hydrogen) atoms. The fraction of sp³-hybridized carbons (Fsp3) is 0.400. The second-order valence-corrected chi connectivity index (χ2v) is 7.94. The first-order valence-corrected chi connectivity index (χ1v) is 9.09. The van der Waals surface area contributed by atoms with E-state index >= 15 is 0 Å². The van der Waals surface area contributed by atoms with Crippen molar-refractivity contribution in [3.05, 3.63) is 48.0 Å². The van der Waals surface area contributed by atoms with E-state index in [1.54, 1.807) is 35.0 Å². The summed E-state index contributed by atoms with van der Waals surface area (Å²) in [5, 5.41) is 0.441. The molecule has 0 unspecified atom stereocenters. The summed E-state index contributed by atoms with van der Waals surface area (Å²) in [6.45, 7) is 1.99. The number of aromatic nitrogens is 2. The van der Waals surface area contributed by atoms with E-state index in [1.165, 1.54) is 6.07 Å². The molecular weight excluding hydrogens is 322 g/mol. The van der Waals surface area contributed by atoms with Gasteiger partial charge in [0.1, 0.15) is 0 Å². The molecule has 7 heteroatoms. The average Bonchev–Trinajstić information content (AvgIpc) is 3.01. The summed E-state index contributed by atoms with van der Waals surface area (Å²) in [6, 6.07) is 6.45. The van der Waals surface area contributed by atoms with Crippen molar-refractivity contribution in [1.82, 2.24) is 13.9 Å². The molecule has 0 atom stereocenters. The number of imidazole rings is 1. The second-order valence-electron chi connectivity index (χ2n) is 5.56. The number of hydrogen-bond acceptors (Lipinski definition) is 3. The van der Waals surface area contributed by atoms with Crippen LogP contribution in [0.1, 0.15) is 12.8 Å². The second kappa shape index (κ2) is 6.40. The van der Waals surface area contributed by atoms with Crippen molar-refractivity contribution in [2.45, 2.75) is 24.3 Å². The fourth-order valence-electron chi connectivity index (χ4n) is 2.80. The summed E-state index contributed by atoms with van der Waals surface area (Å²) in [5.41, 5.74) is 0. The number of benzene rings is 1. The normalized spacial score (nSPS) is 17.7. The molecule has 5 nitrogen and oxygen atoms in total. The summed E-state index contributed by atoms with van der Waals surface area (Å²) < 4.78 is 28.8. The van der Waals surface area contributed by atoms with Gasteiger partial charge in [-0.15, -0.1) is 0 Å². The van der Waals surface area contributed by atoms with Crippen molar-refractivity contribution in [3.63, 3.8) is 0 Å². The zero-order chi connectivity index (χ0) is 15.6. The van der Waals surface area contributed by atoms with Crippen molar-refractivity contribution in [2.24, 2.45) is 5.92 Å². The molecule has 1 aliphatic rings. The quantitative estimate of drug-likeness (QED) is 0.860. The fourth-order valence-corrected chi connectivity index (χ4v) is 4.57. The Morgan fingerprint density at radius 2 is 2.05 bits per heavy atom. The number of nitrogens with zero attached hydrogens (tertiary/aromatic N) is 3. The van der Waals surface area contributed by atoms with Crippen LogP contribution in [0.15, 0.2) is 47.9 Å². The summed E-state index contributed by atoms with van der Waals surface area (Å²) in [5.74, 6) is 0.486. The van der Waals surface area contributed by atoms with Crippen LogP contribution in [0.2, 0.25) is 5.02 Å². The highest BCUT2D eigenvalue weighted by Gasteiger charge is 2.29. The molecule has 0 radical (unpaired) electrons. The van der Waals surface area contributed by atoms with E-state index in [0.29, 0.717) is 24.0 Å². The van der Waals surface area contributed by atoms with E-state index in [4.69, 9.17) is 11.6 Å². The van der Waals surface area contributed by atoms with E-state index in [9.17, 15) is 8.42 Å². The van der Waals surface area contributed by atoms with Gasteiger partial charge in [-0.1, -0.05) is 17.7 Å². The Bertz CT molecular complexity index is 723. The van der Waals surface area contributed by atoms with Crippen LogP contribution in [0.5, 0.6) is 0 Å². The molecule has 0 N–H and O–H groups in total. The third kappa shape index (κ3) is 3.34. The number of rotatable bonds is 4. The van der Waals surface area contributed by atoms with Gasteiger partial charge in [-0.3, -0.25) is 0 Å². The molecule has 1 fully saturated rings. The molecule has 1 saturated heterocycles. The van der Waals surface area contributed by atoms with Crippen LogP contribution >= 0.6 is 11.6 Å². The lowest BCUT2D eigenvalue weighted by Crippen LogP contribution is -2.39. The molecule has 1 aromatic heterocycles. The lowest BCUT2D eigenvalue weighted by Gasteiger charge is -2.31. The highest BCUT2D eigenvalue weighted by molar-refractivity contribution is 7.89. The smallest absolute Gasteiger partial charge is 0.243 e. The maximum Gasteiger partial charge on any atom is 0.243 e. The lowest BCUT2D eigenvalue weighted by molar-refractivity contribution is 0.253. The predicted octanol–water partition coefficient (Wildman–Crippen LogP) is 2.64. The lowest BCUT2D eigenvalue weighted by atomic mass is 9.98. The minimum absolute atomic E-state index is 0.271. The van der Waals surface area contributed by atoms with E-state index < -0.39 is 10.0 Å². The standard InChI is InChI=1S/C15H18ClN3O2S/c16-14-2-1-3-15(10-14)22(20,21)19-7-4-13(5-8-19)11-18-9-6-17-12-18/h1-3,6,9-10,12-13H,4-5,7-8,11H2.